The van der Waals surface area contributed by atoms with E-state index in [9.17, 15) is 15.0 Å². The first-order valence-corrected chi connectivity index (χ1v) is 23.6. The van der Waals surface area contributed by atoms with Crippen LogP contribution in [0.4, 0.5) is 0 Å². The minimum absolute atomic E-state index is 0.0693. The van der Waals surface area contributed by atoms with E-state index < -0.39 is 12.1 Å². The summed E-state index contributed by atoms with van der Waals surface area (Å²) in [5, 5.41) is 23.0. The zero-order valence-corrected chi connectivity index (χ0v) is 35.3. The molecule has 3 N–H and O–H groups in total. The zero-order chi connectivity index (χ0) is 37.8. The molecule has 0 radical (unpaired) electrons. The Kier molecular flexibility index (Phi) is 43.3. The molecule has 1 amide bonds. The lowest BCUT2D eigenvalue weighted by molar-refractivity contribution is -0.123. The number of aliphatic hydroxyl groups excluding tert-OH is 2. The van der Waals surface area contributed by atoms with Gasteiger partial charge >= 0.3 is 0 Å². The number of amides is 1. The summed E-state index contributed by atoms with van der Waals surface area (Å²) in [7, 11) is 0. The van der Waals surface area contributed by atoms with Crippen LogP contribution in [0.2, 0.25) is 0 Å². The molecule has 0 aromatic carbocycles. The van der Waals surface area contributed by atoms with Gasteiger partial charge in [-0.2, -0.15) is 0 Å². The molecule has 0 saturated carbocycles. The molecule has 4 heteroatoms. The molecule has 0 aliphatic heterocycles. The second kappa shape index (κ2) is 44.3. The number of hydrogen-bond donors (Lipinski definition) is 3. The van der Waals surface area contributed by atoms with Crippen molar-refractivity contribution in [2.45, 2.75) is 270 Å². The van der Waals surface area contributed by atoms with Crippen LogP contribution in [0.25, 0.3) is 0 Å². The van der Waals surface area contributed by atoms with Crippen LogP contribution >= 0.6 is 0 Å². The fraction of sp³-hybridized carbons (Fsp3) is 0.896. The van der Waals surface area contributed by atoms with Crippen molar-refractivity contribution in [1.29, 1.82) is 0 Å². The lowest BCUT2D eigenvalue weighted by atomic mass is 10.0. The lowest BCUT2D eigenvalue weighted by Gasteiger charge is -2.19. The molecule has 308 valence electrons. The monoisotopic (exact) mass is 732 g/mol. The number of allylic oxidation sites excluding steroid dienone is 3. The number of unbranched alkanes of at least 4 members (excludes halogenated alkanes) is 34. The summed E-state index contributed by atoms with van der Waals surface area (Å²) in [5.41, 5.74) is 0. The van der Waals surface area contributed by atoms with E-state index >= 15 is 0 Å². The smallest absolute Gasteiger partial charge is 0.220 e. The molecule has 0 fully saturated rings. The summed E-state index contributed by atoms with van der Waals surface area (Å²) in [6.45, 7) is 4.32. The largest absolute Gasteiger partial charge is 0.394 e. The Bertz CT molecular complexity index is 750. The highest BCUT2D eigenvalue weighted by molar-refractivity contribution is 5.76. The molecule has 2 unspecified atom stereocenters. The van der Waals surface area contributed by atoms with Crippen LogP contribution in [0.1, 0.15) is 258 Å². The van der Waals surface area contributed by atoms with E-state index in [1.54, 1.807) is 6.08 Å². The Hall–Kier alpha value is -1.13. The Morgan fingerprint density at radius 2 is 0.750 bits per heavy atom. The normalized spacial score (nSPS) is 13.1. The second-order valence-electron chi connectivity index (χ2n) is 16.2. The average molecular weight is 732 g/mol. The molecule has 0 heterocycles. The van der Waals surface area contributed by atoms with Gasteiger partial charge in [0.1, 0.15) is 0 Å². The Morgan fingerprint density at radius 1 is 0.442 bits per heavy atom. The number of nitrogens with one attached hydrogen (secondary N) is 1. The molecular formula is C48H93NO3. The molecule has 0 aliphatic rings. The SMILES string of the molecule is CCCCCCCCCCCCCCCCC/C=C/CC/C=C/C(O)C(CO)NC(=O)CCCCCCCCCCCCCCCCCCCCC. The lowest BCUT2D eigenvalue weighted by Crippen LogP contribution is -2.45. The van der Waals surface area contributed by atoms with E-state index in [2.05, 4.69) is 31.3 Å². The molecule has 0 aromatic rings. The van der Waals surface area contributed by atoms with Crippen LogP contribution in [0.15, 0.2) is 24.3 Å². The maximum Gasteiger partial charge on any atom is 0.220 e. The summed E-state index contributed by atoms with van der Waals surface area (Å²) in [6.07, 6.45) is 57.3. The first-order chi connectivity index (χ1) is 25.7. The number of aliphatic hydroxyl groups is 2. The number of carbonyl (C=O) groups is 1. The quantitative estimate of drug-likeness (QED) is 0.0432. The summed E-state index contributed by atoms with van der Waals surface area (Å²) < 4.78 is 0. The van der Waals surface area contributed by atoms with Gasteiger partial charge in [-0.25, -0.2) is 0 Å². The van der Waals surface area contributed by atoms with Gasteiger partial charge in [0, 0.05) is 6.42 Å². The van der Waals surface area contributed by atoms with Gasteiger partial charge in [0.05, 0.1) is 18.8 Å². The van der Waals surface area contributed by atoms with Crippen molar-refractivity contribution >= 4 is 5.91 Å². The summed E-state index contributed by atoms with van der Waals surface area (Å²) in [5.74, 6) is -0.0693. The predicted molar refractivity (Wildman–Crippen MR) is 230 cm³/mol. The molecule has 0 aliphatic carbocycles. The molecule has 0 aromatic heterocycles. The van der Waals surface area contributed by atoms with E-state index in [1.165, 1.54) is 205 Å². The highest BCUT2D eigenvalue weighted by Gasteiger charge is 2.17. The molecule has 0 saturated heterocycles. The van der Waals surface area contributed by atoms with Crippen molar-refractivity contribution in [3.8, 4) is 0 Å². The van der Waals surface area contributed by atoms with Crippen molar-refractivity contribution in [2.24, 2.45) is 0 Å². The van der Waals surface area contributed by atoms with Crippen LogP contribution in [-0.2, 0) is 4.79 Å². The van der Waals surface area contributed by atoms with E-state index in [0.717, 1.165) is 32.1 Å². The Morgan fingerprint density at radius 3 is 1.12 bits per heavy atom. The average Bonchev–Trinajstić information content (AvgIpc) is 3.15. The van der Waals surface area contributed by atoms with Gasteiger partial charge in [0.25, 0.3) is 0 Å². The topological polar surface area (TPSA) is 69.6 Å². The summed E-state index contributed by atoms with van der Waals surface area (Å²) in [6, 6.07) is -0.635. The minimum Gasteiger partial charge on any atom is -0.394 e. The number of carbonyl (C=O) groups excluding carboxylic acids is 1. The Balaban J connectivity index is 3.56. The van der Waals surface area contributed by atoms with Crippen LogP contribution in [0.3, 0.4) is 0 Å². The second-order valence-corrected chi connectivity index (χ2v) is 16.2. The summed E-state index contributed by atoms with van der Waals surface area (Å²) in [4.78, 5) is 12.4. The maximum atomic E-state index is 12.4. The molecule has 0 spiro atoms. The first kappa shape index (κ1) is 50.9. The van der Waals surface area contributed by atoms with Gasteiger partial charge in [0.2, 0.25) is 5.91 Å². The van der Waals surface area contributed by atoms with Crippen molar-refractivity contribution in [2.75, 3.05) is 6.61 Å². The molecule has 2 atom stereocenters. The van der Waals surface area contributed by atoms with E-state index in [1.807, 2.05) is 6.08 Å². The maximum absolute atomic E-state index is 12.4. The van der Waals surface area contributed by atoms with Gasteiger partial charge in [-0.15, -0.1) is 0 Å². The van der Waals surface area contributed by atoms with Crippen LogP contribution in [0, 0.1) is 0 Å². The molecule has 0 bridgehead atoms. The third kappa shape index (κ3) is 40.1. The zero-order valence-electron chi connectivity index (χ0n) is 35.3. The van der Waals surface area contributed by atoms with Crippen molar-refractivity contribution < 1.29 is 15.0 Å². The fourth-order valence-corrected chi connectivity index (χ4v) is 7.31. The fourth-order valence-electron chi connectivity index (χ4n) is 7.31. The third-order valence-electron chi connectivity index (χ3n) is 10.9. The van der Waals surface area contributed by atoms with Crippen molar-refractivity contribution in [3.05, 3.63) is 24.3 Å². The first-order valence-electron chi connectivity index (χ1n) is 23.6. The minimum atomic E-state index is -0.858. The van der Waals surface area contributed by atoms with Gasteiger partial charge in [-0.05, 0) is 32.1 Å². The van der Waals surface area contributed by atoms with Crippen molar-refractivity contribution in [3.63, 3.8) is 0 Å². The highest BCUT2D eigenvalue weighted by atomic mass is 16.3. The van der Waals surface area contributed by atoms with Gasteiger partial charge in [-0.3, -0.25) is 4.79 Å². The molecule has 52 heavy (non-hydrogen) atoms. The van der Waals surface area contributed by atoms with E-state index in [0.29, 0.717) is 6.42 Å². The molecule has 4 nitrogen and oxygen atoms in total. The van der Waals surface area contributed by atoms with Gasteiger partial charge in [-0.1, -0.05) is 244 Å². The van der Waals surface area contributed by atoms with Crippen LogP contribution in [-0.4, -0.2) is 34.9 Å². The molecule has 0 rings (SSSR count). The van der Waals surface area contributed by atoms with Crippen LogP contribution in [0.5, 0.6) is 0 Å². The molecular weight excluding hydrogens is 639 g/mol. The van der Waals surface area contributed by atoms with Crippen LogP contribution < -0.4 is 5.32 Å². The highest BCUT2D eigenvalue weighted by Crippen LogP contribution is 2.16. The standard InChI is InChI=1S/C48H93NO3/c1-3-5-7-9-11-13-15-17-19-21-23-24-26-27-29-31-33-35-37-39-41-43-47(51)46(45-50)49-48(52)44-42-40-38-36-34-32-30-28-25-22-20-18-16-14-12-10-8-6-4-2/h33,35,41,43,46-47,50-51H,3-32,34,36-40,42,44-45H2,1-2H3,(H,49,52)/b35-33+,43-41+. The predicted octanol–water partition coefficient (Wildman–Crippen LogP) is 14.8. The number of hydrogen-bond acceptors (Lipinski definition) is 3. The Labute approximate surface area is 326 Å². The van der Waals surface area contributed by atoms with E-state index in [-0.39, 0.29) is 12.5 Å². The van der Waals surface area contributed by atoms with Gasteiger partial charge in [0.15, 0.2) is 0 Å². The van der Waals surface area contributed by atoms with Gasteiger partial charge < -0.3 is 15.5 Å². The van der Waals surface area contributed by atoms with E-state index in [4.69, 9.17) is 0 Å². The number of rotatable bonds is 43. The van der Waals surface area contributed by atoms with Crippen molar-refractivity contribution in [1.82, 2.24) is 5.32 Å². The summed E-state index contributed by atoms with van der Waals surface area (Å²) >= 11 is 0. The third-order valence-corrected chi connectivity index (χ3v) is 10.9.